The molecule has 0 amide bonds. The summed E-state index contributed by atoms with van der Waals surface area (Å²) >= 11 is 0. The molecular formula is C12H20N2. The van der Waals surface area contributed by atoms with Gasteiger partial charge < -0.3 is 11.1 Å². The van der Waals surface area contributed by atoms with Crippen LogP contribution in [0.5, 0.6) is 0 Å². The molecule has 0 aliphatic heterocycles. The Morgan fingerprint density at radius 1 is 1.36 bits per heavy atom. The molecule has 0 aliphatic carbocycles. The maximum atomic E-state index is 5.68. The van der Waals surface area contributed by atoms with Gasteiger partial charge in [-0.05, 0) is 44.4 Å². The maximum Gasteiger partial charge on any atom is 0.0372 e. The number of nitrogens with one attached hydrogen (secondary N) is 1. The van der Waals surface area contributed by atoms with Crippen LogP contribution in [0.1, 0.15) is 24.5 Å². The number of anilines is 1. The van der Waals surface area contributed by atoms with Crippen LogP contribution in [0.4, 0.5) is 5.69 Å². The van der Waals surface area contributed by atoms with Gasteiger partial charge in [-0.15, -0.1) is 0 Å². The molecule has 0 aromatic heterocycles. The molecule has 0 heterocycles. The molecule has 0 radical (unpaired) electrons. The van der Waals surface area contributed by atoms with Gasteiger partial charge in [0.15, 0.2) is 0 Å². The molecule has 2 nitrogen and oxygen atoms in total. The second kappa shape index (κ2) is 5.01. The van der Waals surface area contributed by atoms with Crippen molar-refractivity contribution in [3.05, 3.63) is 29.3 Å². The second-order valence-corrected chi connectivity index (χ2v) is 3.94. The molecule has 0 bridgehead atoms. The van der Waals surface area contributed by atoms with E-state index >= 15 is 0 Å². The first-order valence-corrected chi connectivity index (χ1v) is 5.17. The normalized spacial score (nSPS) is 12.6. The molecule has 1 rings (SSSR count). The number of hydrogen-bond acceptors (Lipinski definition) is 2. The topological polar surface area (TPSA) is 38.0 Å². The van der Waals surface area contributed by atoms with Crippen LogP contribution in [0.25, 0.3) is 0 Å². The third kappa shape index (κ3) is 3.04. The summed E-state index contributed by atoms with van der Waals surface area (Å²) in [6.45, 7) is 7.25. The van der Waals surface area contributed by atoms with Crippen LogP contribution < -0.4 is 11.1 Å². The zero-order chi connectivity index (χ0) is 10.6. The molecule has 0 aliphatic rings. The molecule has 2 heteroatoms. The Labute approximate surface area is 86.5 Å². The van der Waals surface area contributed by atoms with Gasteiger partial charge in [0.1, 0.15) is 0 Å². The minimum absolute atomic E-state index is 0.271. The van der Waals surface area contributed by atoms with Crippen molar-refractivity contribution in [1.29, 1.82) is 0 Å². The van der Waals surface area contributed by atoms with Crippen LogP contribution in [0.15, 0.2) is 18.2 Å². The number of hydrogen-bond donors (Lipinski definition) is 2. The number of benzene rings is 1. The van der Waals surface area contributed by atoms with Gasteiger partial charge in [-0.3, -0.25) is 0 Å². The van der Waals surface area contributed by atoms with E-state index in [9.17, 15) is 0 Å². The van der Waals surface area contributed by atoms with Gasteiger partial charge in [0.25, 0.3) is 0 Å². The third-order valence-corrected chi connectivity index (χ3v) is 2.52. The summed E-state index contributed by atoms with van der Waals surface area (Å²) in [7, 11) is 0. The average Bonchev–Trinajstić information content (AvgIpc) is 2.12. The van der Waals surface area contributed by atoms with Gasteiger partial charge in [0, 0.05) is 18.3 Å². The Morgan fingerprint density at radius 3 is 2.71 bits per heavy atom. The number of rotatable bonds is 4. The lowest BCUT2D eigenvalue weighted by molar-refractivity contribution is 0.690. The quantitative estimate of drug-likeness (QED) is 0.769. The van der Waals surface area contributed by atoms with Crippen molar-refractivity contribution in [3.63, 3.8) is 0 Å². The molecule has 1 unspecified atom stereocenters. The summed E-state index contributed by atoms with van der Waals surface area (Å²) in [4.78, 5) is 0. The van der Waals surface area contributed by atoms with E-state index in [1.807, 2.05) is 6.92 Å². The number of aryl methyl sites for hydroxylation is 1. The summed E-state index contributed by atoms with van der Waals surface area (Å²) in [6, 6.07) is 6.60. The maximum absolute atomic E-state index is 5.68. The van der Waals surface area contributed by atoms with Crippen LogP contribution in [-0.4, -0.2) is 12.6 Å². The lowest BCUT2D eigenvalue weighted by atomic mass is 10.1. The lowest BCUT2D eigenvalue weighted by Crippen LogP contribution is -2.19. The minimum Gasteiger partial charge on any atom is -0.385 e. The van der Waals surface area contributed by atoms with Gasteiger partial charge in [0.05, 0.1) is 0 Å². The fourth-order valence-electron chi connectivity index (χ4n) is 1.38. The van der Waals surface area contributed by atoms with Crippen LogP contribution in [-0.2, 0) is 0 Å². The van der Waals surface area contributed by atoms with E-state index in [4.69, 9.17) is 5.73 Å². The van der Waals surface area contributed by atoms with Gasteiger partial charge in [-0.2, -0.15) is 0 Å². The molecule has 1 atom stereocenters. The predicted octanol–water partition coefficient (Wildman–Crippen LogP) is 2.45. The zero-order valence-electron chi connectivity index (χ0n) is 9.30. The summed E-state index contributed by atoms with van der Waals surface area (Å²) in [5.41, 5.74) is 9.57. The molecule has 0 spiro atoms. The molecular weight excluding hydrogens is 172 g/mol. The average molecular weight is 192 g/mol. The molecule has 1 aromatic carbocycles. The van der Waals surface area contributed by atoms with Crippen LogP contribution >= 0.6 is 0 Å². The van der Waals surface area contributed by atoms with Crippen molar-refractivity contribution >= 4 is 5.69 Å². The van der Waals surface area contributed by atoms with Crippen molar-refractivity contribution in [2.75, 3.05) is 11.9 Å². The van der Waals surface area contributed by atoms with Crippen LogP contribution in [0.3, 0.4) is 0 Å². The largest absolute Gasteiger partial charge is 0.385 e. The van der Waals surface area contributed by atoms with Crippen molar-refractivity contribution in [1.82, 2.24) is 0 Å². The fraction of sp³-hybridized carbons (Fsp3) is 0.500. The van der Waals surface area contributed by atoms with E-state index in [2.05, 4.69) is 37.4 Å². The Kier molecular flexibility index (Phi) is 3.96. The molecule has 1 aromatic rings. The van der Waals surface area contributed by atoms with Gasteiger partial charge in [-0.25, -0.2) is 0 Å². The summed E-state index contributed by atoms with van der Waals surface area (Å²) < 4.78 is 0. The SMILES string of the molecule is Cc1cccc(NCCC(C)N)c1C. The summed E-state index contributed by atoms with van der Waals surface area (Å²) in [6.07, 6.45) is 1.01. The van der Waals surface area contributed by atoms with Gasteiger partial charge in [-0.1, -0.05) is 12.1 Å². The highest BCUT2D eigenvalue weighted by atomic mass is 14.9. The Bertz CT molecular complexity index is 292. The van der Waals surface area contributed by atoms with E-state index in [0.29, 0.717) is 0 Å². The second-order valence-electron chi connectivity index (χ2n) is 3.94. The molecule has 0 saturated heterocycles. The smallest absolute Gasteiger partial charge is 0.0372 e. The number of nitrogens with two attached hydrogens (primary N) is 1. The lowest BCUT2D eigenvalue weighted by Gasteiger charge is -2.12. The Hall–Kier alpha value is -1.02. The molecule has 0 saturated carbocycles. The van der Waals surface area contributed by atoms with Crippen molar-refractivity contribution < 1.29 is 0 Å². The fourth-order valence-corrected chi connectivity index (χ4v) is 1.38. The zero-order valence-corrected chi connectivity index (χ0v) is 9.30. The van der Waals surface area contributed by atoms with Crippen molar-refractivity contribution in [2.24, 2.45) is 5.73 Å². The molecule has 0 fully saturated rings. The minimum atomic E-state index is 0.271. The van der Waals surface area contributed by atoms with E-state index in [1.54, 1.807) is 0 Å². The standard InChI is InChI=1S/C12H20N2/c1-9-5-4-6-12(11(9)3)14-8-7-10(2)13/h4-6,10,14H,7-8,13H2,1-3H3. The van der Waals surface area contributed by atoms with Gasteiger partial charge >= 0.3 is 0 Å². The first-order valence-electron chi connectivity index (χ1n) is 5.17. The van der Waals surface area contributed by atoms with Crippen molar-refractivity contribution in [2.45, 2.75) is 33.2 Å². The highest BCUT2D eigenvalue weighted by Crippen LogP contribution is 2.17. The Balaban J connectivity index is 2.54. The van der Waals surface area contributed by atoms with Crippen LogP contribution in [0, 0.1) is 13.8 Å². The summed E-state index contributed by atoms with van der Waals surface area (Å²) in [5.74, 6) is 0. The van der Waals surface area contributed by atoms with Crippen LogP contribution in [0.2, 0.25) is 0 Å². The predicted molar refractivity (Wildman–Crippen MR) is 62.7 cm³/mol. The van der Waals surface area contributed by atoms with Gasteiger partial charge in [0.2, 0.25) is 0 Å². The van der Waals surface area contributed by atoms with E-state index in [0.717, 1.165) is 13.0 Å². The molecule has 78 valence electrons. The van der Waals surface area contributed by atoms with E-state index in [-0.39, 0.29) is 6.04 Å². The molecule has 14 heavy (non-hydrogen) atoms. The molecule has 3 N–H and O–H groups in total. The first-order chi connectivity index (χ1) is 6.61. The first kappa shape index (κ1) is 11.1. The monoisotopic (exact) mass is 192 g/mol. The summed E-state index contributed by atoms with van der Waals surface area (Å²) in [5, 5.41) is 3.41. The van der Waals surface area contributed by atoms with Crippen molar-refractivity contribution in [3.8, 4) is 0 Å². The highest BCUT2D eigenvalue weighted by molar-refractivity contribution is 5.53. The highest BCUT2D eigenvalue weighted by Gasteiger charge is 1.99. The van der Waals surface area contributed by atoms with E-state index < -0.39 is 0 Å². The third-order valence-electron chi connectivity index (χ3n) is 2.52. The Morgan fingerprint density at radius 2 is 2.07 bits per heavy atom. The van der Waals surface area contributed by atoms with E-state index in [1.165, 1.54) is 16.8 Å².